The molecule has 2 aliphatic rings. The van der Waals surface area contributed by atoms with Crippen molar-refractivity contribution in [2.45, 2.75) is 38.4 Å². The highest BCUT2D eigenvalue weighted by Gasteiger charge is 2.30. The molecular formula is C18H21N5O. The molecule has 0 spiro atoms. The fourth-order valence-electron chi connectivity index (χ4n) is 3.45. The quantitative estimate of drug-likeness (QED) is 0.863. The summed E-state index contributed by atoms with van der Waals surface area (Å²) in [5.41, 5.74) is 1.84. The molecule has 0 unspecified atom stereocenters. The van der Waals surface area contributed by atoms with Crippen LogP contribution in [0.2, 0.25) is 0 Å². The van der Waals surface area contributed by atoms with E-state index < -0.39 is 0 Å². The molecule has 1 atom stereocenters. The van der Waals surface area contributed by atoms with Gasteiger partial charge in [0.2, 0.25) is 5.88 Å². The van der Waals surface area contributed by atoms with E-state index in [4.69, 9.17) is 10.00 Å². The predicted molar refractivity (Wildman–Crippen MR) is 88.2 cm³/mol. The first-order valence-corrected chi connectivity index (χ1v) is 8.54. The van der Waals surface area contributed by atoms with Crippen molar-refractivity contribution in [2.75, 3.05) is 13.2 Å². The van der Waals surface area contributed by atoms with E-state index in [2.05, 4.69) is 25.5 Å². The number of rotatable bonds is 4. The monoisotopic (exact) mass is 323 g/mol. The summed E-state index contributed by atoms with van der Waals surface area (Å²) in [7, 11) is 0. The van der Waals surface area contributed by atoms with Crippen LogP contribution in [0.15, 0.2) is 30.9 Å². The number of nitriles is 1. The SMILES string of the molecule is N#Cc1ccc(OC[C@@H]2CN(C3CCC3)Cc3cncn3C2)nc1. The zero-order valence-corrected chi connectivity index (χ0v) is 13.6. The van der Waals surface area contributed by atoms with E-state index in [0.29, 0.717) is 30.0 Å². The summed E-state index contributed by atoms with van der Waals surface area (Å²) in [5.74, 6) is 0.984. The molecule has 0 amide bonds. The van der Waals surface area contributed by atoms with Crippen LogP contribution in [-0.4, -0.2) is 38.6 Å². The van der Waals surface area contributed by atoms with Crippen molar-refractivity contribution in [1.82, 2.24) is 19.4 Å². The van der Waals surface area contributed by atoms with Gasteiger partial charge in [0.05, 0.1) is 24.2 Å². The second-order valence-corrected chi connectivity index (χ2v) is 6.73. The van der Waals surface area contributed by atoms with Gasteiger partial charge in [0.1, 0.15) is 6.07 Å². The van der Waals surface area contributed by atoms with E-state index in [0.717, 1.165) is 19.6 Å². The van der Waals surface area contributed by atoms with Gasteiger partial charge in [-0.2, -0.15) is 5.26 Å². The number of hydrogen-bond donors (Lipinski definition) is 0. The average Bonchev–Trinajstić information content (AvgIpc) is 2.91. The number of ether oxygens (including phenoxy) is 1. The van der Waals surface area contributed by atoms with E-state index in [9.17, 15) is 0 Å². The minimum Gasteiger partial charge on any atom is -0.477 e. The molecule has 2 aromatic heterocycles. The summed E-state index contributed by atoms with van der Waals surface area (Å²) in [6, 6.07) is 6.29. The van der Waals surface area contributed by atoms with Gasteiger partial charge in [-0.05, 0) is 18.9 Å². The van der Waals surface area contributed by atoms with Gasteiger partial charge in [-0.25, -0.2) is 9.97 Å². The molecule has 0 saturated heterocycles. The van der Waals surface area contributed by atoms with Gasteiger partial charge in [0.15, 0.2) is 0 Å². The zero-order chi connectivity index (χ0) is 16.4. The molecule has 0 radical (unpaired) electrons. The molecule has 1 saturated carbocycles. The minimum atomic E-state index is 0.401. The van der Waals surface area contributed by atoms with Gasteiger partial charge in [-0.1, -0.05) is 6.42 Å². The van der Waals surface area contributed by atoms with Crippen molar-refractivity contribution in [1.29, 1.82) is 5.26 Å². The third-order valence-electron chi connectivity index (χ3n) is 5.03. The van der Waals surface area contributed by atoms with Gasteiger partial charge in [-0.3, -0.25) is 4.90 Å². The van der Waals surface area contributed by atoms with Crippen molar-refractivity contribution in [3.8, 4) is 11.9 Å². The smallest absolute Gasteiger partial charge is 0.213 e. The first kappa shape index (κ1) is 15.2. The lowest BCUT2D eigenvalue weighted by Crippen LogP contribution is -2.42. The summed E-state index contributed by atoms with van der Waals surface area (Å²) in [5, 5.41) is 8.83. The Hall–Kier alpha value is -2.39. The van der Waals surface area contributed by atoms with E-state index in [1.54, 1.807) is 18.3 Å². The molecule has 1 aliphatic carbocycles. The summed E-state index contributed by atoms with van der Waals surface area (Å²) < 4.78 is 8.14. The molecule has 0 N–H and O–H groups in total. The van der Waals surface area contributed by atoms with Crippen LogP contribution in [0.25, 0.3) is 0 Å². The largest absolute Gasteiger partial charge is 0.477 e. The number of nitrogens with zero attached hydrogens (tertiary/aromatic N) is 5. The number of hydrogen-bond acceptors (Lipinski definition) is 5. The maximum Gasteiger partial charge on any atom is 0.213 e. The van der Waals surface area contributed by atoms with Gasteiger partial charge >= 0.3 is 0 Å². The Bertz CT molecular complexity index is 729. The van der Waals surface area contributed by atoms with Crippen molar-refractivity contribution in [3.63, 3.8) is 0 Å². The second-order valence-electron chi connectivity index (χ2n) is 6.73. The third-order valence-corrected chi connectivity index (χ3v) is 5.03. The van der Waals surface area contributed by atoms with E-state index in [1.165, 1.54) is 25.0 Å². The van der Waals surface area contributed by atoms with Gasteiger partial charge in [-0.15, -0.1) is 0 Å². The van der Waals surface area contributed by atoms with Crippen LogP contribution in [-0.2, 0) is 13.1 Å². The molecule has 1 fully saturated rings. The fraction of sp³-hybridized carbons (Fsp3) is 0.500. The number of pyridine rings is 1. The number of imidazole rings is 1. The van der Waals surface area contributed by atoms with Gasteiger partial charge in [0, 0.05) is 50.1 Å². The lowest BCUT2D eigenvalue weighted by atomic mass is 9.90. The van der Waals surface area contributed by atoms with Crippen LogP contribution < -0.4 is 4.74 Å². The van der Waals surface area contributed by atoms with Crippen molar-refractivity contribution < 1.29 is 4.74 Å². The van der Waals surface area contributed by atoms with Crippen LogP contribution >= 0.6 is 0 Å². The van der Waals surface area contributed by atoms with Crippen LogP contribution in [0.1, 0.15) is 30.5 Å². The van der Waals surface area contributed by atoms with Crippen LogP contribution in [0.5, 0.6) is 5.88 Å². The molecular weight excluding hydrogens is 302 g/mol. The Morgan fingerprint density at radius 2 is 2.17 bits per heavy atom. The summed E-state index contributed by atoms with van der Waals surface area (Å²) >= 11 is 0. The fourth-order valence-corrected chi connectivity index (χ4v) is 3.45. The molecule has 2 aromatic rings. The second kappa shape index (κ2) is 6.62. The maximum absolute atomic E-state index is 8.83. The molecule has 124 valence electrons. The number of aromatic nitrogens is 3. The molecule has 6 nitrogen and oxygen atoms in total. The topological polar surface area (TPSA) is 67.0 Å². The lowest BCUT2D eigenvalue weighted by molar-refractivity contribution is 0.0889. The highest BCUT2D eigenvalue weighted by molar-refractivity contribution is 5.28. The highest BCUT2D eigenvalue weighted by atomic mass is 16.5. The molecule has 0 bridgehead atoms. The van der Waals surface area contributed by atoms with Crippen molar-refractivity contribution >= 4 is 0 Å². The Morgan fingerprint density at radius 1 is 1.25 bits per heavy atom. The predicted octanol–water partition coefficient (Wildman–Crippen LogP) is 2.21. The van der Waals surface area contributed by atoms with E-state index >= 15 is 0 Å². The molecule has 1 aliphatic heterocycles. The van der Waals surface area contributed by atoms with Gasteiger partial charge in [0.25, 0.3) is 0 Å². The third kappa shape index (κ3) is 3.13. The molecule has 4 rings (SSSR count). The Morgan fingerprint density at radius 3 is 2.88 bits per heavy atom. The Labute approximate surface area is 141 Å². The number of fused-ring (bicyclic) bond motifs is 1. The van der Waals surface area contributed by atoms with Crippen LogP contribution in [0.3, 0.4) is 0 Å². The molecule has 6 heteroatoms. The maximum atomic E-state index is 8.83. The minimum absolute atomic E-state index is 0.401. The highest BCUT2D eigenvalue weighted by Crippen LogP contribution is 2.29. The molecule has 24 heavy (non-hydrogen) atoms. The van der Waals surface area contributed by atoms with E-state index in [1.807, 2.05) is 12.5 Å². The van der Waals surface area contributed by atoms with Crippen molar-refractivity contribution in [3.05, 3.63) is 42.1 Å². The Kier molecular flexibility index (Phi) is 4.18. The standard InChI is InChI=1S/C18H21N5O/c19-6-14-4-5-18(21-7-14)24-12-15-9-22(16-2-1-3-16)11-17-8-20-13-23(17)10-15/h4-5,7-8,13,15-16H,1-3,9-12H2/t15-/m1/s1. The normalized spacial score (nSPS) is 21.4. The summed E-state index contributed by atoms with van der Waals surface area (Å²) in [6.45, 7) is 3.58. The van der Waals surface area contributed by atoms with Gasteiger partial charge < -0.3 is 9.30 Å². The van der Waals surface area contributed by atoms with E-state index in [-0.39, 0.29) is 0 Å². The average molecular weight is 323 g/mol. The van der Waals surface area contributed by atoms with Crippen LogP contribution in [0, 0.1) is 17.2 Å². The van der Waals surface area contributed by atoms with Crippen LogP contribution in [0.4, 0.5) is 0 Å². The van der Waals surface area contributed by atoms with Crippen molar-refractivity contribution in [2.24, 2.45) is 5.92 Å². The molecule has 3 heterocycles. The first-order valence-electron chi connectivity index (χ1n) is 8.54. The first-order chi connectivity index (χ1) is 11.8. The molecule has 0 aromatic carbocycles. The summed E-state index contributed by atoms with van der Waals surface area (Å²) in [6.07, 6.45) is 9.41. The lowest BCUT2D eigenvalue weighted by Gasteiger charge is -2.37. The Balaban J connectivity index is 1.44. The zero-order valence-electron chi connectivity index (χ0n) is 13.6. The summed E-state index contributed by atoms with van der Waals surface area (Å²) in [4.78, 5) is 11.1.